The molecular formula is C17H27NO. The number of fused-ring (bicyclic) bond motifs is 1. The van der Waals surface area contributed by atoms with E-state index >= 15 is 0 Å². The second kappa shape index (κ2) is 7.54. The fourth-order valence-corrected chi connectivity index (χ4v) is 2.88. The van der Waals surface area contributed by atoms with Gasteiger partial charge in [-0.05, 0) is 49.6 Å². The summed E-state index contributed by atoms with van der Waals surface area (Å²) in [6.45, 7) is 3.11. The van der Waals surface area contributed by atoms with Gasteiger partial charge in [-0.1, -0.05) is 38.7 Å². The van der Waals surface area contributed by atoms with Crippen molar-refractivity contribution < 1.29 is 4.74 Å². The summed E-state index contributed by atoms with van der Waals surface area (Å²) in [5.41, 5.74) is 2.92. The number of ether oxygens (including phenoxy) is 1. The molecule has 106 valence electrons. The van der Waals surface area contributed by atoms with E-state index in [2.05, 4.69) is 30.4 Å². The topological polar surface area (TPSA) is 21.3 Å². The van der Waals surface area contributed by atoms with Gasteiger partial charge in [-0.3, -0.25) is 0 Å². The molecule has 1 unspecified atom stereocenters. The highest BCUT2D eigenvalue weighted by atomic mass is 16.5. The zero-order valence-corrected chi connectivity index (χ0v) is 12.4. The van der Waals surface area contributed by atoms with Crippen LogP contribution in [0, 0.1) is 0 Å². The van der Waals surface area contributed by atoms with E-state index < -0.39 is 0 Å². The van der Waals surface area contributed by atoms with Crippen molar-refractivity contribution in [3.8, 4) is 5.75 Å². The number of rotatable bonds is 8. The van der Waals surface area contributed by atoms with Gasteiger partial charge < -0.3 is 10.1 Å². The lowest BCUT2D eigenvalue weighted by Gasteiger charge is -2.11. The van der Waals surface area contributed by atoms with Gasteiger partial charge in [0, 0.05) is 6.04 Å². The van der Waals surface area contributed by atoms with Gasteiger partial charge in [0.1, 0.15) is 5.75 Å². The van der Waals surface area contributed by atoms with Crippen molar-refractivity contribution in [1.82, 2.24) is 5.32 Å². The van der Waals surface area contributed by atoms with Gasteiger partial charge >= 0.3 is 0 Å². The quantitative estimate of drug-likeness (QED) is 0.707. The molecule has 0 spiro atoms. The fourth-order valence-electron chi connectivity index (χ4n) is 2.88. The first-order valence-electron chi connectivity index (χ1n) is 7.78. The molecule has 0 saturated carbocycles. The first-order valence-corrected chi connectivity index (χ1v) is 7.78. The Labute approximate surface area is 117 Å². The zero-order chi connectivity index (χ0) is 13.5. The summed E-state index contributed by atoms with van der Waals surface area (Å²) in [5, 5.41) is 3.37. The molecule has 0 heterocycles. The summed E-state index contributed by atoms with van der Waals surface area (Å²) in [6, 6.07) is 7.13. The number of nitrogens with one attached hydrogen (secondary N) is 1. The lowest BCUT2D eigenvalue weighted by atomic mass is 10.1. The lowest BCUT2D eigenvalue weighted by Crippen LogP contribution is -2.12. The van der Waals surface area contributed by atoms with Gasteiger partial charge in [-0.25, -0.2) is 0 Å². The van der Waals surface area contributed by atoms with Gasteiger partial charge in [-0.15, -0.1) is 0 Å². The molecule has 1 aliphatic carbocycles. The molecule has 2 heteroatoms. The molecule has 2 rings (SSSR count). The molecule has 19 heavy (non-hydrogen) atoms. The van der Waals surface area contributed by atoms with E-state index in [1.54, 1.807) is 0 Å². The van der Waals surface area contributed by atoms with Gasteiger partial charge in [0.05, 0.1) is 6.61 Å². The summed E-state index contributed by atoms with van der Waals surface area (Å²) in [7, 11) is 2.04. The van der Waals surface area contributed by atoms with Crippen molar-refractivity contribution in [2.75, 3.05) is 13.7 Å². The maximum Gasteiger partial charge on any atom is 0.119 e. The first-order chi connectivity index (χ1) is 9.35. The monoisotopic (exact) mass is 261 g/mol. The molecule has 0 aliphatic heterocycles. The molecule has 1 aliphatic rings. The highest BCUT2D eigenvalue weighted by Gasteiger charge is 2.20. The Balaban J connectivity index is 1.76. The van der Waals surface area contributed by atoms with Crippen molar-refractivity contribution in [2.24, 2.45) is 0 Å². The lowest BCUT2D eigenvalue weighted by molar-refractivity contribution is 0.304. The van der Waals surface area contributed by atoms with E-state index in [1.807, 2.05) is 7.05 Å². The standard InChI is InChI=1S/C17H27NO/c1-3-4-5-6-7-12-19-15-9-10-16-14(13-15)8-11-17(16)18-2/h9-10,13,17-18H,3-8,11-12H2,1-2H3. The predicted molar refractivity (Wildman–Crippen MR) is 80.8 cm³/mol. The summed E-state index contributed by atoms with van der Waals surface area (Å²) in [5.74, 6) is 1.05. The Morgan fingerprint density at radius 2 is 2.05 bits per heavy atom. The molecule has 0 bridgehead atoms. The van der Waals surface area contributed by atoms with Gasteiger partial charge in [0.2, 0.25) is 0 Å². The minimum absolute atomic E-state index is 0.540. The Bertz CT molecular complexity index is 389. The predicted octanol–water partition coefficient (Wildman–Crippen LogP) is 4.24. The Morgan fingerprint density at radius 1 is 1.21 bits per heavy atom. The molecule has 2 nitrogen and oxygen atoms in total. The highest BCUT2D eigenvalue weighted by Crippen LogP contribution is 2.33. The molecular weight excluding hydrogens is 234 g/mol. The van der Waals surface area contributed by atoms with Gasteiger partial charge in [0.15, 0.2) is 0 Å². The van der Waals surface area contributed by atoms with E-state index in [-0.39, 0.29) is 0 Å². The van der Waals surface area contributed by atoms with E-state index in [0.29, 0.717) is 6.04 Å². The summed E-state index contributed by atoms with van der Waals surface area (Å²) in [4.78, 5) is 0. The Morgan fingerprint density at radius 3 is 2.84 bits per heavy atom. The smallest absolute Gasteiger partial charge is 0.119 e. The summed E-state index contributed by atoms with van der Waals surface area (Å²) < 4.78 is 5.86. The van der Waals surface area contributed by atoms with Crippen molar-refractivity contribution in [1.29, 1.82) is 0 Å². The Hall–Kier alpha value is -1.02. The van der Waals surface area contributed by atoms with E-state index in [9.17, 15) is 0 Å². The normalized spacial score (nSPS) is 17.5. The van der Waals surface area contributed by atoms with Crippen LogP contribution in [0.25, 0.3) is 0 Å². The Kier molecular flexibility index (Phi) is 5.71. The fraction of sp³-hybridized carbons (Fsp3) is 0.647. The third-order valence-corrected chi connectivity index (χ3v) is 4.06. The van der Waals surface area contributed by atoms with Crippen molar-refractivity contribution in [3.63, 3.8) is 0 Å². The molecule has 1 N–H and O–H groups in total. The maximum atomic E-state index is 5.86. The van der Waals surface area contributed by atoms with Crippen molar-refractivity contribution in [3.05, 3.63) is 29.3 Å². The van der Waals surface area contributed by atoms with Crippen LogP contribution in [0.5, 0.6) is 5.75 Å². The second-order valence-electron chi connectivity index (χ2n) is 5.50. The largest absolute Gasteiger partial charge is 0.494 e. The van der Waals surface area contributed by atoms with Gasteiger partial charge in [0.25, 0.3) is 0 Å². The third kappa shape index (κ3) is 3.97. The molecule has 0 aromatic heterocycles. The number of hydrogen-bond acceptors (Lipinski definition) is 2. The summed E-state index contributed by atoms with van der Waals surface area (Å²) in [6.07, 6.45) is 8.86. The average molecular weight is 261 g/mol. The van der Waals surface area contributed by atoms with E-state index in [1.165, 1.54) is 56.1 Å². The van der Waals surface area contributed by atoms with Crippen LogP contribution in [0.1, 0.15) is 62.6 Å². The highest BCUT2D eigenvalue weighted by molar-refractivity contribution is 5.40. The first kappa shape index (κ1) is 14.4. The van der Waals surface area contributed by atoms with Crippen LogP contribution >= 0.6 is 0 Å². The van der Waals surface area contributed by atoms with Crippen LogP contribution in [-0.2, 0) is 6.42 Å². The molecule has 0 saturated heterocycles. The number of benzene rings is 1. The minimum Gasteiger partial charge on any atom is -0.494 e. The van der Waals surface area contributed by atoms with E-state index in [4.69, 9.17) is 4.74 Å². The number of hydrogen-bond donors (Lipinski definition) is 1. The maximum absolute atomic E-state index is 5.86. The number of unbranched alkanes of at least 4 members (excludes halogenated alkanes) is 4. The van der Waals surface area contributed by atoms with Crippen LogP contribution in [0.4, 0.5) is 0 Å². The molecule has 0 amide bonds. The summed E-state index contributed by atoms with van der Waals surface area (Å²) >= 11 is 0. The average Bonchev–Trinajstić information content (AvgIpc) is 2.85. The molecule has 1 aromatic rings. The SMILES string of the molecule is CCCCCCCOc1ccc2c(c1)CCC2NC. The van der Waals surface area contributed by atoms with Crippen LogP contribution < -0.4 is 10.1 Å². The second-order valence-corrected chi connectivity index (χ2v) is 5.50. The van der Waals surface area contributed by atoms with Gasteiger partial charge in [-0.2, -0.15) is 0 Å². The van der Waals surface area contributed by atoms with Crippen molar-refractivity contribution in [2.45, 2.75) is 57.9 Å². The molecule has 1 aromatic carbocycles. The van der Waals surface area contributed by atoms with E-state index in [0.717, 1.165) is 12.4 Å². The van der Waals surface area contributed by atoms with Crippen LogP contribution in [-0.4, -0.2) is 13.7 Å². The number of aryl methyl sites for hydroxylation is 1. The molecule has 0 fully saturated rings. The van der Waals surface area contributed by atoms with Crippen molar-refractivity contribution >= 4 is 0 Å². The van der Waals surface area contributed by atoms with Crippen LogP contribution in [0.3, 0.4) is 0 Å². The zero-order valence-electron chi connectivity index (χ0n) is 12.4. The molecule has 0 radical (unpaired) electrons. The molecule has 1 atom stereocenters. The van der Waals surface area contributed by atoms with Crippen LogP contribution in [0.15, 0.2) is 18.2 Å². The minimum atomic E-state index is 0.540. The van der Waals surface area contributed by atoms with Crippen LogP contribution in [0.2, 0.25) is 0 Å². The third-order valence-electron chi connectivity index (χ3n) is 4.06.